The van der Waals surface area contributed by atoms with E-state index in [0.29, 0.717) is 19.5 Å². The summed E-state index contributed by atoms with van der Waals surface area (Å²) >= 11 is 0. The van der Waals surface area contributed by atoms with Crippen LogP contribution in [0, 0.1) is 23.7 Å². The number of nitrogens with one attached hydrogen (secondary N) is 2. The van der Waals surface area contributed by atoms with Crippen LogP contribution in [0.5, 0.6) is 0 Å². The summed E-state index contributed by atoms with van der Waals surface area (Å²) in [5.41, 5.74) is 4.03. The van der Waals surface area contributed by atoms with Crippen molar-refractivity contribution in [3.05, 3.63) is 77.6 Å². The molecule has 0 radical (unpaired) electrons. The van der Waals surface area contributed by atoms with E-state index in [4.69, 9.17) is 6.42 Å². The number of hydrogen-bond acceptors (Lipinski definition) is 2. The van der Waals surface area contributed by atoms with Crippen molar-refractivity contribution < 1.29 is 4.79 Å². The third kappa shape index (κ3) is 3.70. The number of H-pyrrole nitrogens is 1. The molecule has 5 heteroatoms. The number of terminal acetylenes is 1. The fourth-order valence-corrected chi connectivity index (χ4v) is 3.67. The van der Waals surface area contributed by atoms with Gasteiger partial charge < -0.3 is 14.9 Å². The number of carbonyl (C=O) groups is 1. The number of aromatic nitrogens is 2. The zero-order valence-electron chi connectivity index (χ0n) is 16.4. The van der Waals surface area contributed by atoms with Gasteiger partial charge in [-0.15, -0.1) is 6.42 Å². The number of rotatable bonds is 6. The van der Waals surface area contributed by atoms with Crippen LogP contribution in [0.2, 0.25) is 0 Å². The molecular formula is C25H20N4O. The Morgan fingerprint density at radius 2 is 1.93 bits per heavy atom. The highest BCUT2D eigenvalue weighted by molar-refractivity contribution is 6.04. The second-order valence-electron chi connectivity index (χ2n) is 6.97. The zero-order chi connectivity index (χ0) is 20.9. The maximum atomic E-state index is 12.6. The van der Waals surface area contributed by atoms with Crippen molar-refractivity contribution in [2.45, 2.75) is 13.0 Å². The summed E-state index contributed by atoms with van der Waals surface area (Å²) in [7, 11) is 0. The second-order valence-corrected chi connectivity index (χ2v) is 6.97. The lowest BCUT2D eigenvalue weighted by Gasteiger charge is -2.04. The van der Waals surface area contributed by atoms with Gasteiger partial charge >= 0.3 is 0 Å². The number of carbonyl (C=O) groups excluding carboxylic acids is 1. The van der Waals surface area contributed by atoms with E-state index in [2.05, 4.69) is 22.3 Å². The Balaban J connectivity index is 1.50. The molecule has 2 aromatic heterocycles. The topological polar surface area (TPSA) is 73.6 Å². The number of para-hydroxylation sites is 2. The fourth-order valence-electron chi connectivity index (χ4n) is 3.67. The van der Waals surface area contributed by atoms with Crippen molar-refractivity contribution in [2.75, 3.05) is 6.54 Å². The molecule has 146 valence electrons. The Morgan fingerprint density at radius 1 is 1.17 bits per heavy atom. The van der Waals surface area contributed by atoms with Gasteiger partial charge in [0, 0.05) is 46.3 Å². The van der Waals surface area contributed by atoms with Gasteiger partial charge in [-0.3, -0.25) is 4.79 Å². The molecule has 0 spiro atoms. The number of nitriles is 1. The van der Waals surface area contributed by atoms with Gasteiger partial charge in [0.1, 0.15) is 11.6 Å². The van der Waals surface area contributed by atoms with E-state index in [1.807, 2.05) is 65.5 Å². The van der Waals surface area contributed by atoms with Crippen LogP contribution in [0.3, 0.4) is 0 Å². The zero-order valence-corrected chi connectivity index (χ0v) is 16.4. The Bertz CT molecular complexity index is 1340. The van der Waals surface area contributed by atoms with Crippen molar-refractivity contribution in [2.24, 2.45) is 0 Å². The number of nitrogens with zero attached hydrogens (tertiary/aromatic N) is 2. The minimum Gasteiger partial charge on any atom is -0.361 e. The minimum absolute atomic E-state index is 0.0672. The maximum Gasteiger partial charge on any atom is 0.261 e. The molecule has 2 heterocycles. The molecule has 0 atom stereocenters. The highest BCUT2D eigenvalue weighted by Gasteiger charge is 2.12. The van der Waals surface area contributed by atoms with E-state index in [1.165, 1.54) is 0 Å². The first kappa shape index (κ1) is 19.1. The van der Waals surface area contributed by atoms with Gasteiger partial charge in [0.05, 0.1) is 6.54 Å². The molecule has 4 rings (SSSR count). The van der Waals surface area contributed by atoms with Crippen LogP contribution in [-0.2, 0) is 17.8 Å². The predicted octanol–water partition coefficient (Wildman–Crippen LogP) is 4.02. The van der Waals surface area contributed by atoms with Gasteiger partial charge in [0.2, 0.25) is 0 Å². The highest BCUT2D eigenvalue weighted by Crippen LogP contribution is 2.23. The van der Waals surface area contributed by atoms with Crippen LogP contribution in [0.15, 0.2) is 66.5 Å². The summed E-state index contributed by atoms with van der Waals surface area (Å²) in [6.07, 6.45) is 11.6. The number of hydrogen-bond donors (Lipinski definition) is 2. The summed E-state index contributed by atoms with van der Waals surface area (Å²) in [6.45, 7) is 0.867. The summed E-state index contributed by atoms with van der Waals surface area (Å²) in [5, 5.41) is 14.5. The molecule has 1 amide bonds. The minimum atomic E-state index is -0.383. The Labute approximate surface area is 174 Å². The van der Waals surface area contributed by atoms with Gasteiger partial charge in [0.25, 0.3) is 5.91 Å². The van der Waals surface area contributed by atoms with Gasteiger partial charge in [-0.2, -0.15) is 5.26 Å². The molecule has 2 aromatic carbocycles. The number of aromatic amines is 1. The largest absolute Gasteiger partial charge is 0.361 e. The van der Waals surface area contributed by atoms with Crippen LogP contribution in [-0.4, -0.2) is 22.0 Å². The van der Waals surface area contributed by atoms with Gasteiger partial charge in [-0.25, -0.2) is 0 Å². The van der Waals surface area contributed by atoms with Crippen molar-refractivity contribution in [3.63, 3.8) is 0 Å². The van der Waals surface area contributed by atoms with Crippen molar-refractivity contribution in [1.29, 1.82) is 5.26 Å². The lowest BCUT2D eigenvalue weighted by molar-refractivity contribution is -0.117. The number of benzene rings is 2. The van der Waals surface area contributed by atoms with Crippen LogP contribution in [0.25, 0.3) is 27.9 Å². The monoisotopic (exact) mass is 392 g/mol. The van der Waals surface area contributed by atoms with Gasteiger partial charge in [-0.1, -0.05) is 42.3 Å². The third-order valence-electron chi connectivity index (χ3n) is 5.10. The quantitative estimate of drug-likeness (QED) is 0.295. The van der Waals surface area contributed by atoms with Gasteiger partial charge in [0.15, 0.2) is 0 Å². The molecule has 30 heavy (non-hydrogen) atoms. The Morgan fingerprint density at radius 3 is 2.73 bits per heavy atom. The maximum absolute atomic E-state index is 12.6. The van der Waals surface area contributed by atoms with Gasteiger partial charge in [-0.05, 0) is 30.2 Å². The molecule has 0 aliphatic carbocycles. The molecule has 0 saturated carbocycles. The summed E-state index contributed by atoms with van der Waals surface area (Å²) in [5.74, 6) is 2.25. The molecule has 0 bridgehead atoms. The first-order valence-electron chi connectivity index (χ1n) is 9.67. The molecule has 5 nitrogen and oxygen atoms in total. The predicted molar refractivity (Wildman–Crippen MR) is 119 cm³/mol. The summed E-state index contributed by atoms with van der Waals surface area (Å²) in [4.78, 5) is 15.8. The highest BCUT2D eigenvalue weighted by atomic mass is 16.1. The smallest absolute Gasteiger partial charge is 0.261 e. The number of fused-ring (bicyclic) bond motifs is 2. The van der Waals surface area contributed by atoms with Crippen LogP contribution in [0.1, 0.15) is 11.1 Å². The van der Waals surface area contributed by atoms with Crippen LogP contribution < -0.4 is 5.32 Å². The number of amides is 1. The normalized spacial score (nSPS) is 11.3. The van der Waals surface area contributed by atoms with E-state index in [0.717, 1.165) is 32.9 Å². The second kappa shape index (κ2) is 8.43. The summed E-state index contributed by atoms with van der Waals surface area (Å²) < 4.78 is 1.94. The van der Waals surface area contributed by atoms with E-state index in [9.17, 15) is 10.1 Å². The van der Waals surface area contributed by atoms with Crippen LogP contribution >= 0.6 is 0 Å². The van der Waals surface area contributed by atoms with Crippen molar-refractivity contribution in [1.82, 2.24) is 14.9 Å². The SMILES string of the molecule is C#CCn1cc(/C=C(/C#N)C(=O)NCCc2c[nH]c3ccccc23)c2ccccc21. The van der Waals surface area contributed by atoms with E-state index < -0.39 is 0 Å². The molecular weight excluding hydrogens is 372 g/mol. The van der Waals surface area contributed by atoms with E-state index in [-0.39, 0.29) is 11.5 Å². The molecule has 0 unspecified atom stereocenters. The summed E-state index contributed by atoms with van der Waals surface area (Å²) in [6, 6.07) is 17.9. The molecule has 2 N–H and O–H groups in total. The lowest BCUT2D eigenvalue weighted by atomic mass is 10.1. The standard InChI is InChI=1S/C25H20N4O/c1-2-13-29-17-20(22-8-4-6-10-24(22)29)14-19(15-26)25(30)27-12-11-18-16-28-23-9-5-3-7-21(18)23/h1,3-10,14,16-17,28H,11-13H2,(H,27,30)/b19-14-. The fraction of sp³-hybridized carbons (Fsp3) is 0.120. The van der Waals surface area contributed by atoms with E-state index in [1.54, 1.807) is 6.08 Å². The molecule has 0 aliphatic heterocycles. The van der Waals surface area contributed by atoms with Crippen LogP contribution in [0.4, 0.5) is 0 Å². The Kier molecular flexibility index (Phi) is 5.37. The average molecular weight is 392 g/mol. The van der Waals surface area contributed by atoms with Crippen molar-refractivity contribution in [3.8, 4) is 18.4 Å². The average Bonchev–Trinajstić information content (AvgIpc) is 3.34. The molecule has 0 fully saturated rings. The molecule has 0 saturated heterocycles. The third-order valence-corrected chi connectivity index (χ3v) is 5.10. The first-order valence-corrected chi connectivity index (χ1v) is 9.67. The lowest BCUT2D eigenvalue weighted by Crippen LogP contribution is -2.26. The van der Waals surface area contributed by atoms with Crippen molar-refractivity contribution >= 4 is 33.8 Å². The molecule has 4 aromatic rings. The first-order chi connectivity index (χ1) is 14.7. The van der Waals surface area contributed by atoms with E-state index >= 15 is 0 Å². The Hall–Kier alpha value is -4.22. The molecule has 0 aliphatic rings.